The lowest BCUT2D eigenvalue weighted by Crippen LogP contribution is -2.38. The highest BCUT2D eigenvalue weighted by atomic mass is 32.2. The molecule has 2 saturated carbocycles. The number of hydrogen-bond donors (Lipinski definition) is 0. The van der Waals surface area contributed by atoms with E-state index < -0.39 is 10.0 Å². The standard InChI is InChI=1S/C12H21NO2S/c1-12(2)8-13(11-5-3-4-10(11)12)16(14,15)9-6-7-9/h9-11H,3-8H2,1-2H3. The van der Waals surface area contributed by atoms with Gasteiger partial charge in [-0.1, -0.05) is 20.3 Å². The van der Waals surface area contributed by atoms with Crippen LogP contribution in [0.4, 0.5) is 0 Å². The second kappa shape index (κ2) is 3.22. The van der Waals surface area contributed by atoms with Crippen molar-refractivity contribution < 1.29 is 8.42 Å². The fourth-order valence-electron chi connectivity index (χ4n) is 3.67. The Morgan fingerprint density at radius 3 is 2.44 bits per heavy atom. The van der Waals surface area contributed by atoms with Gasteiger partial charge >= 0.3 is 0 Å². The van der Waals surface area contributed by atoms with Crippen LogP contribution < -0.4 is 0 Å². The third kappa shape index (κ3) is 1.46. The molecule has 4 heteroatoms. The molecule has 0 amide bonds. The summed E-state index contributed by atoms with van der Waals surface area (Å²) >= 11 is 0. The normalized spacial score (nSPS) is 38.9. The Hall–Kier alpha value is -0.0900. The molecule has 1 saturated heterocycles. The molecule has 3 aliphatic rings. The molecule has 3 nitrogen and oxygen atoms in total. The first kappa shape index (κ1) is 11.0. The van der Waals surface area contributed by atoms with Crippen LogP contribution in [0.5, 0.6) is 0 Å². The maximum absolute atomic E-state index is 12.4. The highest BCUT2D eigenvalue weighted by molar-refractivity contribution is 7.90. The van der Waals surface area contributed by atoms with Crippen LogP contribution in [0.3, 0.4) is 0 Å². The average Bonchev–Trinajstić information content (AvgIpc) is 2.87. The van der Waals surface area contributed by atoms with Gasteiger partial charge in [-0.2, -0.15) is 4.31 Å². The zero-order chi connectivity index (χ0) is 11.6. The second-order valence-electron chi connectivity index (χ2n) is 6.38. The Labute approximate surface area is 98.3 Å². The molecule has 0 aromatic carbocycles. The van der Waals surface area contributed by atoms with Gasteiger partial charge in [0.05, 0.1) is 5.25 Å². The quantitative estimate of drug-likeness (QED) is 0.744. The van der Waals surface area contributed by atoms with Crippen LogP contribution in [0.2, 0.25) is 0 Å². The van der Waals surface area contributed by atoms with Crippen molar-refractivity contribution in [2.45, 2.75) is 57.2 Å². The third-order valence-corrected chi connectivity index (χ3v) is 7.06. The van der Waals surface area contributed by atoms with E-state index in [2.05, 4.69) is 13.8 Å². The first-order valence-corrected chi connectivity index (χ1v) is 7.94. The van der Waals surface area contributed by atoms with E-state index in [4.69, 9.17) is 0 Å². The fraction of sp³-hybridized carbons (Fsp3) is 1.00. The molecule has 0 N–H and O–H groups in total. The molecule has 0 aromatic rings. The van der Waals surface area contributed by atoms with Crippen molar-refractivity contribution in [1.29, 1.82) is 0 Å². The van der Waals surface area contributed by atoms with Crippen molar-refractivity contribution in [1.82, 2.24) is 4.31 Å². The maximum Gasteiger partial charge on any atom is 0.217 e. The number of nitrogens with zero attached hydrogens (tertiary/aromatic N) is 1. The molecule has 0 aromatic heterocycles. The van der Waals surface area contributed by atoms with E-state index in [1.165, 1.54) is 12.8 Å². The fourth-order valence-corrected chi connectivity index (χ4v) is 5.93. The summed E-state index contributed by atoms with van der Waals surface area (Å²) in [7, 11) is -2.96. The molecule has 0 radical (unpaired) electrons. The van der Waals surface area contributed by atoms with Crippen LogP contribution >= 0.6 is 0 Å². The smallest absolute Gasteiger partial charge is 0.212 e. The van der Waals surface area contributed by atoms with Gasteiger partial charge in [0.1, 0.15) is 0 Å². The van der Waals surface area contributed by atoms with Gasteiger partial charge in [-0.05, 0) is 37.0 Å². The van der Waals surface area contributed by atoms with Crippen LogP contribution in [0.25, 0.3) is 0 Å². The van der Waals surface area contributed by atoms with Crippen molar-refractivity contribution in [3.63, 3.8) is 0 Å². The van der Waals surface area contributed by atoms with E-state index >= 15 is 0 Å². The summed E-state index contributed by atoms with van der Waals surface area (Å²) in [6.45, 7) is 5.22. The third-order valence-electron chi connectivity index (χ3n) is 4.69. The second-order valence-corrected chi connectivity index (χ2v) is 8.55. The van der Waals surface area contributed by atoms with Gasteiger partial charge < -0.3 is 0 Å². The summed E-state index contributed by atoms with van der Waals surface area (Å²) in [6, 6.07) is 0.320. The summed E-state index contributed by atoms with van der Waals surface area (Å²) < 4.78 is 26.6. The van der Waals surface area contributed by atoms with Gasteiger partial charge in [0.2, 0.25) is 10.0 Å². The molecule has 2 atom stereocenters. The highest BCUT2D eigenvalue weighted by Gasteiger charge is 2.55. The molecule has 2 aliphatic carbocycles. The molecule has 1 aliphatic heterocycles. The first-order valence-electron chi connectivity index (χ1n) is 6.43. The zero-order valence-electron chi connectivity index (χ0n) is 10.1. The maximum atomic E-state index is 12.4. The summed E-state index contributed by atoms with van der Waals surface area (Å²) in [4.78, 5) is 0. The molecule has 0 bridgehead atoms. The minimum Gasteiger partial charge on any atom is -0.212 e. The SMILES string of the molecule is CC1(C)CN(S(=O)(=O)C2CC2)C2CCCC21. The number of hydrogen-bond acceptors (Lipinski definition) is 2. The molecular formula is C12H21NO2S. The van der Waals surface area contributed by atoms with E-state index in [-0.39, 0.29) is 10.7 Å². The predicted octanol–water partition coefficient (Wildman–Crippen LogP) is 1.99. The first-order chi connectivity index (χ1) is 7.43. The monoisotopic (exact) mass is 243 g/mol. The summed E-state index contributed by atoms with van der Waals surface area (Å²) in [5.41, 5.74) is 0.184. The van der Waals surface area contributed by atoms with E-state index in [1.807, 2.05) is 4.31 Å². The lowest BCUT2D eigenvalue weighted by atomic mass is 9.80. The Balaban J connectivity index is 1.92. The Bertz CT molecular complexity index is 397. The van der Waals surface area contributed by atoms with Crippen molar-refractivity contribution in [2.75, 3.05) is 6.54 Å². The van der Waals surface area contributed by atoms with Gasteiger partial charge in [0.15, 0.2) is 0 Å². The molecule has 3 fully saturated rings. The van der Waals surface area contributed by atoms with Crippen LogP contribution in [0.1, 0.15) is 46.0 Å². The average molecular weight is 243 g/mol. The summed E-state index contributed by atoms with van der Waals surface area (Å²) in [6.07, 6.45) is 5.27. The van der Waals surface area contributed by atoms with Crippen molar-refractivity contribution >= 4 is 10.0 Å². The topological polar surface area (TPSA) is 37.4 Å². The Morgan fingerprint density at radius 1 is 1.12 bits per heavy atom. The lowest BCUT2D eigenvalue weighted by Gasteiger charge is -2.23. The van der Waals surface area contributed by atoms with Crippen LogP contribution in [0.15, 0.2) is 0 Å². The van der Waals surface area contributed by atoms with E-state index in [0.717, 1.165) is 25.8 Å². The highest BCUT2D eigenvalue weighted by Crippen LogP contribution is 2.51. The molecule has 0 spiro atoms. The van der Waals surface area contributed by atoms with E-state index in [1.54, 1.807) is 0 Å². The van der Waals surface area contributed by atoms with Crippen molar-refractivity contribution in [3.8, 4) is 0 Å². The largest absolute Gasteiger partial charge is 0.217 e. The van der Waals surface area contributed by atoms with Crippen LogP contribution in [-0.2, 0) is 10.0 Å². The molecular weight excluding hydrogens is 222 g/mol. The zero-order valence-corrected chi connectivity index (χ0v) is 11.0. The summed E-state index contributed by atoms with van der Waals surface area (Å²) in [5.74, 6) is 0.598. The summed E-state index contributed by atoms with van der Waals surface area (Å²) in [5, 5.41) is -0.0392. The molecule has 16 heavy (non-hydrogen) atoms. The Kier molecular flexibility index (Phi) is 2.22. The molecule has 3 rings (SSSR count). The van der Waals surface area contributed by atoms with Gasteiger partial charge in [0, 0.05) is 12.6 Å². The van der Waals surface area contributed by atoms with Gasteiger partial charge in [-0.25, -0.2) is 8.42 Å². The van der Waals surface area contributed by atoms with E-state index in [0.29, 0.717) is 12.0 Å². The minimum absolute atomic E-state index is 0.0392. The van der Waals surface area contributed by atoms with Crippen LogP contribution in [-0.4, -0.2) is 30.6 Å². The Morgan fingerprint density at radius 2 is 1.81 bits per heavy atom. The van der Waals surface area contributed by atoms with Gasteiger partial charge in [-0.15, -0.1) is 0 Å². The molecule has 2 unspecified atom stereocenters. The lowest BCUT2D eigenvalue weighted by molar-refractivity contribution is 0.277. The number of fused-ring (bicyclic) bond motifs is 1. The van der Waals surface area contributed by atoms with E-state index in [9.17, 15) is 8.42 Å². The van der Waals surface area contributed by atoms with Crippen LogP contribution in [0, 0.1) is 11.3 Å². The minimum atomic E-state index is -2.96. The molecule has 92 valence electrons. The number of sulfonamides is 1. The predicted molar refractivity (Wildman–Crippen MR) is 63.6 cm³/mol. The van der Waals surface area contributed by atoms with Gasteiger partial charge in [0.25, 0.3) is 0 Å². The molecule has 1 heterocycles. The number of rotatable bonds is 2. The van der Waals surface area contributed by atoms with Gasteiger partial charge in [-0.3, -0.25) is 0 Å². The van der Waals surface area contributed by atoms with Crippen molar-refractivity contribution in [2.24, 2.45) is 11.3 Å². The van der Waals surface area contributed by atoms with Crippen molar-refractivity contribution in [3.05, 3.63) is 0 Å².